The number of urea groups is 1. The fourth-order valence-electron chi connectivity index (χ4n) is 4.86. The molecule has 2 aliphatic heterocycles. The summed E-state index contributed by atoms with van der Waals surface area (Å²) >= 11 is 0. The van der Waals surface area contributed by atoms with Gasteiger partial charge in [0, 0.05) is 12.2 Å². The van der Waals surface area contributed by atoms with Gasteiger partial charge in [-0.05, 0) is 61.8 Å². The number of hydrogen-bond donors (Lipinski definition) is 1. The summed E-state index contributed by atoms with van der Waals surface area (Å²) in [6, 6.07) is 4.57. The standard InChI is InChI=1S/C22H27N3O5/c1-3-14-6-9-22(10-7-14)20(28)25(21(29)23-22)13-18(26)24-11-8-15-12-16(19(27)30-2)4-5-17(15)24/h4-5,12,14H,3,6-11,13H2,1-2H3,(H,23,29). The Morgan fingerprint density at radius 2 is 1.97 bits per heavy atom. The Morgan fingerprint density at radius 1 is 1.23 bits per heavy atom. The largest absolute Gasteiger partial charge is 0.465 e. The van der Waals surface area contributed by atoms with Crippen LogP contribution in [0.4, 0.5) is 10.5 Å². The number of amides is 4. The average Bonchev–Trinajstić information content (AvgIpc) is 3.28. The molecule has 3 aliphatic rings. The maximum absolute atomic E-state index is 13.1. The Balaban J connectivity index is 1.46. The number of fused-ring (bicyclic) bond motifs is 1. The first-order chi connectivity index (χ1) is 14.4. The van der Waals surface area contributed by atoms with Crippen molar-refractivity contribution in [2.75, 3.05) is 25.1 Å². The van der Waals surface area contributed by atoms with Gasteiger partial charge in [-0.2, -0.15) is 0 Å². The number of rotatable bonds is 4. The van der Waals surface area contributed by atoms with Crippen molar-refractivity contribution in [3.05, 3.63) is 29.3 Å². The number of methoxy groups -OCH3 is 1. The first kappa shape index (κ1) is 20.4. The van der Waals surface area contributed by atoms with E-state index in [1.807, 2.05) is 0 Å². The first-order valence-electron chi connectivity index (χ1n) is 10.5. The van der Waals surface area contributed by atoms with Gasteiger partial charge in [0.05, 0.1) is 12.7 Å². The molecule has 1 aromatic carbocycles. The molecule has 1 N–H and O–H groups in total. The van der Waals surface area contributed by atoms with Crippen LogP contribution >= 0.6 is 0 Å². The Hall–Kier alpha value is -2.90. The van der Waals surface area contributed by atoms with Gasteiger partial charge in [0.2, 0.25) is 5.91 Å². The normalized spacial score (nSPS) is 25.5. The molecule has 0 unspecified atom stereocenters. The van der Waals surface area contributed by atoms with Crippen molar-refractivity contribution in [3.8, 4) is 0 Å². The molecule has 160 valence electrons. The van der Waals surface area contributed by atoms with Gasteiger partial charge in [-0.15, -0.1) is 0 Å². The predicted molar refractivity (Wildman–Crippen MR) is 109 cm³/mol. The van der Waals surface area contributed by atoms with Crippen LogP contribution in [0.2, 0.25) is 0 Å². The van der Waals surface area contributed by atoms with Crippen LogP contribution in [0, 0.1) is 5.92 Å². The van der Waals surface area contributed by atoms with E-state index in [-0.39, 0.29) is 18.4 Å². The van der Waals surface area contributed by atoms with E-state index in [0.717, 1.165) is 29.7 Å². The fourth-order valence-corrected chi connectivity index (χ4v) is 4.86. The smallest absolute Gasteiger partial charge is 0.337 e. The number of esters is 1. The van der Waals surface area contributed by atoms with Gasteiger partial charge in [-0.1, -0.05) is 13.3 Å². The number of ether oxygens (including phenoxy) is 1. The van der Waals surface area contributed by atoms with Crippen LogP contribution in [-0.4, -0.2) is 54.5 Å². The summed E-state index contributed by atoms with van der Waals surface area (Å²) in [6.45, 7) is 2.32. The molecule has 0 aromatic heterocycles. The Morgan fingerprint density at radius 3 is 2.63 bits per heavy atom. The maximum Gasteiger partial charge on any atom is 0.337 e. The zero-order valence-corrected chi connectivity index (χ0v) is 17.4. The molecule has 0 radical (unpaired) electrons. The summed E-state index contributed by atoms with van der Waals surface area (Å²) in [4.78, 5) is 52.9. The molecule has 8 heteroatoms. The molecular formula is C22H27N3O5. The van der Waals surface area contributed by atoms with E-state index in [2.05, 4.69) is 12.2 Å². The molecule has 30 heavy (non-hydrogen) atoms. The van der Waals surface area contributed by atoms with E-state index >= 15 is 0 Å². The van der Waals surface area contributed by atoms with Gasteiger partial charge in [0.25, 0.3) is 5.91 Å². The first-order valence-corrected chi connectivity index (χ1v) is 10.5. The minimum Gasteiger partial charge on any atom is -0.465 e. The minimum atomic E-state index is -0.846. The third-order valence-corrected chi connectivity index (χ3v) is 6.77. The predicted octanol–water partition coefficient (Wildman–Crippen LogP) is 2.25. The highest BCUT2D eigenvalue weighted by Gasteiger charge is 2.52. The number of nitrogens with one attached hydrogen (secondary N) is 1. The van der Waals surface area contributed by atoms with Crippen molar-refractivity contribution in [2.45, 2.75) is 51.0 Å². The summed E-state index contributed by atoms with van der Waals surface area (Å²) in [5, 5.41) is 2.87. The van der Waals surface area contributed by atoms with Crippen LogP contribution in [0.15, 0.2) is 18.2 Å². The summed E-state index contributed by atoms with van der Waals surface area (Å²) < 4.78 is 4.74. The quantitative estimate of drug-likeness (QED) is 0.603. The number of carbonyl (C=O) groups is 4. The van der Waals surface area contributed by atoms with E-state index in [1.54, 1.807) is 23.1 Å². The lowest BCUT2D eigenvalue weighted by Crippen LogP contribution is -2.50. The number of hydrogen-bond acceptors (Lipinski definition) is 5. The second-order valence-electron chi connectivity index (χ2n) is 8.39. The molecule has 4 amide bonds. The number of benzene rings is 1. The molecule has 8 nitrogen and oxygen atoms in total. The van der Waals surface area contributed by atoms with Gasteiger partial charge < -0.3 is 15.0 Å². The van der Waals surface area contributed by atoms with Crippen molar-refractivity contribution in [1.82, 2.24) is 10.2 Å². The topological polar surface area (TPSA) is 96.0 Å². The zero-order valence-electron chi connectivity index (χ0n) is 17.4. The van der Waals surface area contributed by atoms with Crippen LogP contribution in [-0.2, 0) is 20.7 Å². The lowest BCUT2D eigenvalue weighted by molar-refractivity contribution is -0.135. The monoisotopic (exact) mass is 413 g/mol. The van der Waals surface area contributed by atoms with Crippen molar-refractivity contribution in [3.63, 3.8) is 0 Å². The molecular weight excluding hydrogens is 386 g/mol. The Labute approximate surface area is 175 Å². The lowest BCUT2D eigenvalue weighted by Gasteiger charge is -2.34. The van der Waals surface area contributed by atoms with Gasteiger partial charge in [-0.25, -0.2) is 9.59 Å². The number of nitrogens with zero attached hydrogens (tertiary/aromatic N) is 2. The average molecular weight is 413 g/mol. The Bertz CT molecular complexity index is 904. The minimum absolute atomic E-state index is 0.276. The van der Waals surface area contributed by atoms with Gasteiger partial charge >= 0.3 is 12.0 Å². The highest BCUT2D eigenvalue weighted by molar-refractivity contribution is 6.10. The summed E-state index contributed by atoms with van der Waals surface area (Å²) in [5.41, 5.74) is 1.17. The summed E-state index contributed by atoms with van der Waals surface area (Å²) in [7, 11) is 1.32. The van der Waals surface area contributed by atoms with Crippen molar-refractivity contribution in [1.29, 1.82) is 0 Å². The third kappa shape index (κ3) is 3.34. The summed E-state index contributed by atoms with van der Waals surface area (Å²) in [6.07, 6.45) is 4.76. The molecule has 1 aliphatic carbocycles. The van der Waals surface area contributed by atoms with Gasteiger partial charge in [-0.3, -0.25) is 14.5 Å². The second kappa shape index (κ2) is 7.74. The van der Waals surface area contributed by atoms with E-state index < -0.39 is 17.5 Å². The second-order valence-corrected chi connectivity index (χ2v) is 8.39. The van der Waals surface area contributed by atoms with Gasteiger partial charge in [0.15, 0.2) is 0 Å². The van der Waals surface area contributed by atoms with E-state index in [1.165, 1.54) is 7.11 Å². The summed E-state index contributed by atoms with van der Waals surface area (Å²) in [5.74, 6) is -0.421. The fraction of sp³-hybridized carbons (Fsp3) is 0.545. The zero-order chi connectivity index (χ0) is 21.5. The van der Waals surface area contributed by atoms with Crippen LogP contribution in [0.1, 0.15) is 54.9 Å². The number of anilines is 1. The van der Waals surface area contributed by atoms with Crippen molar-refractivity contribution >= 4 is 29.5 Å². The molecule has 1 saturated carbocycles. The van der Waals surface area contributed by atoms with Crippen LogP contribution in [0.25, 0.3) is 0 Å². The van der Waals surface area contributed by atoms with Crippen LogP contribution < -0.4 is 10.2 Å². The third-order valence-electron chi connectivity index (χ3n) is 6.77. The molecule has 1 aromatic rings. The maximum atomic E-state index is 13.1. The highest BCUT2D eigenvalue weighted by atomic mass is 16.5. The van der Waals surface area contributed by atoms with E-state index in [9.17, 15) is 19.2 Å². The molecule has 1 spiro atoms. The number of imide groups is 1. The Kier molecular flexibility index (Phi) is 5.26. The molecule has 1 saturated heterocycles. The highest BCUT2D eigenvalue weighted by Crippen LogP contribution is 2.38. The van der Waals surface area contributed by atoms with Crippen molar-refractivity contribution < 1.29 is 23.9 Å². The van der Waals surface area contributed by atoms with E-state index in [4.69, 9.17) is 4.74 Å². The molecule has 2 fully saturated rings. The van der Waals surface area contributed by atoms with Gasteiger partial charge in [0.1, 0.15) is 12.1 Å². The molecule has 0 bridgehead atoms. The SMILES string of the molecule is CCC1CCC2(CC1)NC(=O)N(CC(=O)N1CCc3cc(C(=O)OC)ccc31)C2=O. The number of carbonyl (C=O) groups excluding carboxylic acids is 4. The van der Waals surface area contributed by atoms with Crippen molar-refractivity contribution in [2.24, 2.45) is 5.92 Å². The molecule has 2 heterocycles. The molecule has 0 atom stereocenters. The lowest BCUT2D eigenvalue weighted by atomic mass is 9.75. The van der Waals surface area contributed by atoms with E-state index in [0.29, 0.717) is 43.0 Å². The molecule has 4 rings (SSSR count). The van der Waals surface area contributed by atoms with Crippen LogP contribution in [0.3, 0.4) is 0 Å². The van der Waals surface area contributed by atoms with Crippen LogP contribution in [0.5, 0.6) is 0 Å².